The van der Waals surface area contributed by atoms with Gasteiger partial charge in [-0.05, 0) is 32.6 Å². The van der Waals surface area contributed by atoms with Crippen molar-refractivity contribution in [2.75, 3.05) is 6.54 Å². The van der Waals surface area contributed by atoms with Crippen molar-refractivity contribution in [2.45, 2.75) is 91.5 Å². The van der Waals surface area contributed by atoms with Gasteiger partial charge in [-0.15, -0.1) is 6.58 Å². The fourth-order valence-electron chi connectivity index (χ4n) is 2.22. The summed E-state index contributed by atoms with van der Waals surface area (Å²) in [4.78, 5) is 0. The fourth-order valence-corrected chi connectivity index (χ4v) is 2.22. The maximum Gasteiger partial charge on any atom is 0.00968 e. The number of unbranched alkanes of at least 4 members (excludes halogenated alkanes) is 6. The van der Waals surface area contributed by atoms with Crippen molar-refractivity contribution in [2.24, 2.45) is 5.41 Å². The Morgan fingerprint density at radius 1 is 0.895 bits per heavy atom. The first-order chi connectivity index (χ1) is 8.83. The van der Waals surface area contributed by atoms with Crippen LogP contribution in [0.2, 0.25) is 0 Å². The lowest BCUT2D eigenvalue weighted by molar-refractivity contribution is 0.299. The summed E-state index contributed by atoms with van der Waals surface area (Å²) in [6.07, 6.45) is 13.1. The van der Waals surface area contributed by atoms with E-state index in [1.165, 1.54) is 51.4 Å². The molecule has 0 aromatic heterocycles. The van der Waals surface area contributed by atoms with Crippen molar-refractivity contribution in [3.05, 3.63) is 12.7 Å². The van der Waals surface area contributed by atoms with Gasteiger partial charge < -0.3 is 5.32 Å². The molecule has 0 aliphatic heterocycles. The summed E-state index contributed by atoms with van der Waals surface area (Å²) in [7, 11) is 0. The van der Waals surface area contributed by atoms with Gasteiger partial charge in [0.25, 0.3) is 0 Å². The Labute approximate surface area is 122 Å². The van der Waals surface area contributed by atoms with E-state index in [0.29, 0.717) is 0 Å². The van der Waals surface area contributed by atoms with Crippen LogP contribution in [0, 0.1) is 5.41 Å². The molecule has 1 atom stereocenters. The molecular formula is C18H37N. The van der Waals surface area contributed by atoms with E-state index in [2.05, 4.69) is 52.6 Å². The van der Waals surface area contributed by atoms with Gasteiger partial charge in [-0.3, -0.25) is 0 Å². The Morgan fingerprint density at radius 3 is 1.89 bits per heavy atom. The van der Waals surface area contributed by atoms with Gasteiger partial charge in [0.2, 0.25) is 0 Å². The topological polar surface area (TPSA) is 12.0 Å². The number of hydrogen-bond donors (Lipinski definition) is 1. The molecule has 0 aliphatic carbocycles. The summed E-state index contributed by atoms with van der Waals surface area (Å²) in [6, 6.07) is 0. The van der Waals surface area contributed by atoms with Crippen molar-refractivity contribution in [1.29, 1.82) is 0 Å². The fraction of sp³-hybridized carbons (Fsp3) is 0.889. The molecule has 0 aliphatic rings. The molecule has 0 bridgehead atoms. The monoisotopic (exact) mass is 267 g/mol. The van der Waals surface area contributed by atoms with Crippen molar-refractivity contribution >= 4 is 0 Å². The molecule has 1 heteroatoms. The predicted octanol–water partition coefficient (Wildman–Crippen LogP) is 5.71. The first-order valence-electron chi connectivity index (χ1n) is 8.21. The lowest BCUT2D eigenvalue weighted by Crippen LogP contribution is -2.42. The van der Waals surface area contributed by atoms with E-state index in [1.54, 1.807) is 0 Å². The molecule has 19 heavy (non-hydrogen) atoms. The minimum Gasteiger partial charge on any atom is -0.311 e. The molecule has 0 aromatic rings. The summed E-state index contributed by atoms with van der Waals surface area (Å²) >= 11 is 0. The van der Waals surface area contributed by atoms with Gasteiger partial charge in [0.05, 0.1) is 0 Å². The van der Waals surface area contributed by atoms with Crippen LogP contribution in [-0.4, -0.2) is 12.1 Å². The summed E-state index contributed by atoms with van der Waals surface area (Å²) < 4.78 is 0. The van der Waals surface area contributed by atoms with Crippen LogP contribution in [0.3, 0.4) is 0 Å². The third kappa shape index (κ3) is 11.2. The summed E-state index contributed by atoms with van der Waals surface area (Å²) in [5, 5.41) is 3.61. The average Bonchev–Trinajstić information content (AvgIpc) is 2.35. The number of rotatable bonds is 11. The highest BCUT2D eigenvalue weighted by molar-refractivity contribution is 4.94. The van der Waals surface area contributed by atoms with Crippen LogP contribution in [0.5, 0.6) is 0 Å². The molecule has 0 saturated carbocycles. The zero-order valence-electron chi connectivity index (χ0n) is 14.1. The highest BCUT2D eigenvalue weighted by atomic mass is 15.0. The Balaban J connectivity index is 3.76. The molecule has 0 heterocycles. The molecule has 1 unspecified atom stereocenters. The quantitative estimate of drug-likeness (QED) is 0.373. The molecule has 0 saturated heterocycles. The highest BCUT2D eigenvalue weighted by Gasteiger charge is 2.22. The molecule has 1 nitrogen and oxygen atoms in total. The summed E-state index contributed by atoms with van der Waals surface area (Å²) in [5.41, 5.74) is 0.446. The summed E-state index contributed by atoms with van der Waals surface area (Å²) in [5.74, 6) is 0. The molecule has 0 aromatic carbocycles. The standard InChI is InChI=1S/C18H37N/c1-7-9-10-11-12-13-14-15-18(6,8-2)16-19-17(3,4)5/h8,19H,2,7,9-16H2,1,3-6H3. The van der Waals surface area contributed by atoms with Crippen LogP contribution in [0.1, 0.15) is 86.0 Å². The Kier molecular flexibility index (Phi) is 9.43. The number of hydrogen-bond acceptors (Lipinski definition) is 1. The smallest absolute Gasteiger partial charge is 0.00968 e. The van der Waals surface area contributed by atoms with Crippen molar-refractivity contribution in [1.82, 2.24) is 5.32 Å². The van der Waals surface area contributed by atoms with E-state index in [0.717, 1.165) is 6.54 Å². The zero-order chi connectivity index (χ0) is 14.8. The third-order valence-corrected chi connectivity index (χ3v) is 3.87. The van der Waals surface area contributed by atoms with Crippen LogP contribution in [0.25, 0.3) is 0 Å². The van der Waals surface area contributed by atoms with Crippen molar-refractivity contribution in [3.63, 3.8) is 0 Å². The molecule has 1 N–H and O–H groups in total. The van der Waals surface area contributed by atoms with Gasteiger partial charge >= 0.3 is 0 Å². The number of nitrogens with one attached hydrogen (secondary N) is 1. The minimum absolute atomic E-state index is 0.199. The van der Waals surface area contributed by atoms with Crippen LogP contribution < -0.4 is 5.32 Å². The normalized spacial score (nSPS) is 15.2. The SMILES string of the molecule is C=CC(C)(CCCCCCCCC)CNC(C)(C)C. The van der Waals surface area contributed by atoms with E-state index in [4.69, 9.17) is 0 Å². The maximum absolute atomic E-state index is 4.03. The summed E-state index contributed by atoms with van der Waals surface area (Å²) in [6.45, 7) is 16.4. The van der Waals surface area contributed by atoms with Gasteiger partial charge in [0, 0.05) is 12.1 Å². The van der Waals surface area contributed by atoms with Crippen LogP contribution in [0.15, 0.2) is 12.7 Å². The first kappa shape index (κ1) is 18.7. The lowest BCUT2D eigenvalue weighted by Gasteiger charge is -2.31. The molecule has 0 spiro atoms. The average molecular weight is 268 g/mol. The van der Waals surface area contributed by atoms with Crippen LogP contribution in [0.4, 0.5) is 0 Å². The van der Waals surface area contributed by atoms with E-state index in [-0.39, 0.29) is 11.0 Å². The Morgan fingerprint density at radius 2 is 1.42 bits per heavy atom. The molecule has 0 rings (SSSR count). The molecule has 114 valence electrons. The second kappa shape index (κ2) is 9.58. The molecule has 0 amide bonds. The van der Waals surface area contributed by atoms with E-state index >= 15 is 0 Å². The van der Waals surface area contributed by atoms with E-state index < -0.39 is 0 Å². The second-order valence-electron chi connectivity index (χ2n) is 7.33. The van der Waals surface area contributed by atoms with Crippen molar-refractivity contribution in [3.8, 4) is 0 Å². The van der Waals surface area contributed by atoms with Gasteiger partial charge in [-0.2, -0.15) is 0 Å². The zero-order valence-corrected chi connectivity index (χ0v) is 14.1. The van der Waals surface area contributed by atoms with Gasteiger partial charge in [-0.25, -0.2) is 0 Å². The highest BCUT2D eigenvalue weighted by Crippen LogP contribution is 2.26. The van der Waals surface area contributed by atoms with Crippen LogP contribution in [-0.2, 0) is 0 Å². The van der Waals surface area contributed by atoms with Crippen molar-refractivity contribution < 1.29 is 0 Å². The van der Waals surface area contributed by atoms with E-state index in [1.807, 2.05) is 0 Å². The Bertz CT molecular complexity index is 226. The molecule has 0 radical (unpaired) electrons. The van der Waals surface area contributed by atoms with Gasteiger partial charge in [0.1, 0.15) is 0 Å². The molecule has 0 fully saturated rings. The van der Waals surface area contributed by atoms with Gasteiger partial charge in [0.15, 0.2) is 0 Å². The van der Waals surface area contributed by atoms with E-state index in [9.17, 15) is 0 Å². The maximum atomic E-state index is 4.03. The largest absolute Gasteiger partial charge is 0.311 e. The van der Waals surface area contributed by atoms with Crippen LogP contribution >= 0.6 is 0 Å². The lowest BCUT2D eigenvalue weighted by atomic mass is 9.84. The van der Waals surface area contributed by atoms with Gasteiger partial charge in [-0.1, -0.05) is 64.9 Å². The molecular weight excluding hydrogens is 230 g/mol. The third-order valence-electron chi connectivity index (χ3n) is 3.87. The first-order valence-corrected chi connectivity index (χ1v) is 8.21. The Hall–Kier alpha value is -0.300. The second-order valence-corrected chi connectivity index (χ2v) is 7.33. The minimum atomic E-state index is 0.199. The predicted molar refractivity (Wildman–Crippen MR) is 88.7 cm³/mol.